The molecule has 1 atom stereocenters. The van der Waals surface area contributed by atoms with Gasteiger partial charge in [-0.1, -0.05) is 25.0 Å². The highest BCUT2D eigenvalue weighted by Crippen LogP contribution is 2.29. The number of ketones is 1. The van der Waals surface area contributed by atoms with E-state index in [1.165, 1.54) is 6.07 Å². The minimum atomic E-state index is -0.345. The average Bonchev–Trinajstić information content (AvgIpc) is 3.37. The number of halogens is 1. The molecule has 4 rings (SSSR count). The van der Waals surface area contributed by atoms with E-state index in [0.717, 1.165) is 55.5 Å². The van der Waals surface area contributed by atoms with E-state index in [2.05, 4.69) is 16.7 Å². The minimum Gasteiger partial charge on any atom is -0.337 e. The average molecular weight is 476 g/mol. The maximum atomic E-state index is 14.6. The molecule has 0 N–H and O–H groups in total. The molecule has 0 spiro atoms. The van der Waals surface area contributed by atoms with Crippen LogP contribution in [0.25, 0.3) is 4.85 Å². The molecule has 1 aliphatic carbocycles. The standard InChI is InChI=1S/C29H34FN3O2/c1-19-9-10-23(15-27(19)31-4)28(34)16-24-13-26(30)14-25(21(24)3)18-32-11-12-33(20(2)17-32)29(35)22-7-5-6-8-22/h9-10,13-15,20,22H,5-8,11-12,16-18H2,1-3H3/t20-/m0/s1. The van der Waals surface area contributed by atoms with Gasteiger partial charge in [0.25, 0.3) is 0 Å². The molecule has 1 amide bonds. The molecule has 2 aromatic carbocycles. The number of rotatable bonds is 6. The van der Waals surface area contributed by atoms with Gasteiger partial charge in [0.15, 0.2) is 11.5 Å². The van der Waals surface area contributed by atoms with Crippen LogP contribution in [0.15, 0.2) is 30.3 Å². The van der Waals surface area contributed by atoms with Gasteiger partial charge in [-0.25, -0.2) is 9.24 Å². The summed E-state index contributed by atoms with van der Waals surface area (Å²) in [5.41, 5.74) is 4.25. The van der Waals surface area contributed by atoms with E-state index in [0.29, 0.717) is 35.8 Å². The first-order valence-electron chi connectivity index (χ1n) is 12.6. The lowest BCUT2D eigenvalue weighted by Crippen LogP contribution is -2.54. The fourth-order valence-corrected chi connectivity index (χ4v) is 5.48. The summed E-state index contributed by atoms with van der Waals surface area (Å²) in [4.78, 5) is 33.6. The van der Waals surface area contributed by atoms with Crippen LogP contribution in [0.2, 0.25) is 0 Å². The highest BCUT2D eigenvalue weighted by atomic mass is 19.1. The second-order valence-corrected chi connectivity index (χ2v) is 10.2. The normalized spacial score (nSPS) is 19.1. The van der Waals surface area contributed by atoms with Gasteiger partial charge in [0.2, 0.25) is 5.91 Å². The van der Waals surface area contributed by atoms with Crippen LogP contribution in [0.4, 0.5) is 10.1 Å². The van der Waals surface area contributed by atoms with Gasteiger partial charge in [0.1, 0.15) is 5.82 Å². The van der Waals surface area contributed by atoms with E-state index in [9.17, 15) is 14.0 Å². The van der Waals surface area contributed by atoms with Gasteiger partial charge >= 0.3 is 0 Å². The second kappa shape index (κ2) is 10.7. The molecule has 1 saturated carbocycles. The smallest absolute Gasteiger partial charge is 0.226 e. The van der Waals surface area contributed by atoms with Crippen molar-refractivity contribution >= 4 is 17.4 Å². The van der Waals surface area contributed by atoms with Crippen molar-refractivity contribution in [3.8, 4) is 0 Å². The molecule has 1 saturated heterocycles. The van der Waals surface area contributed by atoms with Crippen LogP contribution >= 0.6 is 0 Å². The number of carbonyl (C=O) groups is 2. The lowest BCUT2D eigenvalue weighted by Gasteiger charge is -2.41. The lowest BCUT2D eigenvalue weighted by molar-refractivity contribution is -0.140. The number of hydrogen-bond acceptors (Lipinski definition) is 3. The van der Waals surface area contributed by atoms with Gasteiger partial charge in [-0.2, -0.15) is 0 Å². The van der Waals surface area contributed by atoms with Crippen molar-refractivity contribution in [1.82, 2.24) is 9.80 Å². The predicted molar refractivity (Wildman–Crippen MR) is 135 cm³/mol. The molecule has 2 aliphatic rings. The number of benzene rings is 2. The van der Waals surface area contributed by atoms with E-state index < -0.39 is 0 Å². The van der Waals surface area contributed by atoms with Gasteiger partial charge in [-0.15, -0.1) is 0 Å². The van der Waals surface area contributed by atoms with Crippen molar-refractivity contribution < 1.29 is 14.0 Å². The van der Waals surface area contributed by atoms with Gasteiger partial charge in [0.05, 0.1) is 6.57 Å². The summed E-state index contributed by atoms with van der Waals surface area (Å²) in [5, 5.41) is 0. The second-order valence-electron chi connectivity index (χ2n) is 10.2. The monoisotopic (exact) mass is 475 g/mol. The van der Waals surface area contributed by atoms with E-state index in [-0.39, 0.29) is 30.0 Å². The summed E-state index contributed by atoms with van der Waals surface area (Å²) in [5.74, 6) is 0.0216. The molecule has 0 aromatic heterocycles. The molecule has 6 heteroatoms. The van der Waals surface area contributed by atoms with E-state index in [1.807, 2.05) is 18.7 Å². The van der Waals surface area contributed by atoms with Crippen molar-refractivity contribution in [1.29, 1.82) is 0 Å². The van der Waals surface area contributed by atoms with Crippen LogP contribution < -0.4 is 0 Å². The van der Waals surface area contributed by atoms with E-state index >= 15 is 0 Å². The Hall–Kier alpha value is -3.04. The Morgan fingerprint density at radius 3 is 2.49 bits per heavy atom. The number of piperazine rings is 1. The van der Waals surface area contributed by atoms with Crippen LogP contribution in [0.5, 0.6) is 0 Å². The van der Waals surface area contributed by atoms with E-state index in [4.69, 9.17) is 6.57 Å². The molecule has 0 radical (unpaired) electrons. The molecule has 5 nitrogen and oxygen atoms in total. The van der Waals surface area contributed by atoms with Crippen molar-refractivity contribution in [2.45, 2.75) is 65.5 Å². The Morgan fingerprint density at radius 1 is 1.09 bits per heavy atom. The third kappa shape index (κ3) is 5.62. The highest BCUT2D eigenvalue weighted by molar-refractivity contribution is 5.98. The summed E-state index contributed by atoms with van der Waals surface area (Å²) in [6.07, 6.45) is 4.42. The zero-order chi connectivity index (χ0) is 25.1. The maximum Gasteiger partial charge on any atom is 0.226 e. The fraction of sp³-hybridized carbons (Fsp3) is 0.483. The van der Waals surface area contributed by atoms with Gasteiger partial charge in [-0.3, -0.25) is 14.5 Å². The summed E-state index contributed by atoms with van der Waals surface area (Å²) >= 11 is 0. The number of aryl methyl sites for hydroxylation is 1. The topological polar surface area (TPSA) is 45.0 Å². The molecule has 0 unspecified atom stereocenters. The molecule has 1 heterocycles. The van der Waals surface area contributed by atoms with Crippen LogP contribution in [-0.2, 0) is 17.8 Å². The molecule has 1 aliphatic heterocycles. The molecular weight excluding hydrogens is 441 g/mol. The minimum absolute atomic E-state index is 0.0944. The largest absolute Gasteiger partial charge is 0.337 e. The Morgan fingerprint density at radius 2 is 1.80 bits per heavy atom. The first kappa shape index (κ1) is 25.1. The van der Waals surface area contributed by atoms with Crippen LogP contribution in [0, 0.1) is 32.2 Å². The summed E-state index contributed by atoms with van der Waals surface area (Å²) in [7, 11) is 0. The van der Waals surface area contributed by atoms with Crippen molar-refractivity contribution in [3.05, 3.63) is 75.4 Å². The quantitative estimate of drug-likeness (QED) is 0.401. The number of Topliss-reactive ketones (excluding diaryl/α,β-unsaturated/α-hetero) is 1. The number of hydrogen-bond donors (Lipinski definition) is 0. The molecular formula is C29H34FN3O2. The van der Waals surface area contributed by atoms with Crippen molar-refractivity contribution in [2.24, 2.45) is 5.92 Å². The first-order chi connectivity index (χ1) is 16.8. The molecule has 0 bridgehead atoms. The predicted octanol–water partition coefficient (Wildman–Crippen LogP) is 5.64. The Kier molecular flexibility index (Phi) is 7.66. The fourth-order valence-electron chi connectivity index (χ4n) is 5.48. The van der Waals surface area contributed by atoms with Gasteiger partial charge < -0.3 is 4.90 Å². The van der Waals surface area contributed by atoms with Crippen LogP contribution in [-0.4, -0.2) is 47.2 Å². The lowest BCUT2D eigenvalue weighted by atomic mass is 9.94. The number of carbonyl (C=O) groups excluding carboxylic acids is 2. The van der Waals surface area contributed by atoms with Gasteiger partial charge in [0, 0.05) is 50.1 Å². The Bertz CT molecular complexity index is 1160. The summed E-state index contributed by atoms with van der Waals surface area (Å²) < 4.78 is 14.6. The maximum absolute atomic E-state index is 14.6. The highest BCUT2D eigenvalue weighted by Gasteiger charge is 2.33. The SMILES string of the molecule is [C-]#[N+]c1cc(C(=O)Cc2cc(F)cc(CN3CCN(C(=O)C4CCCC4)[C@@H](C)C3)c2C)ccc1C. The number of amides is 1. The molecule has 2 aromatic rings. The van der Waals surface area contributed by atoms with Crippen LogP contribution in [0.3, 0.4) is 0 Å². The van der Waals surface area contributed by atoms with Crippen LogP contribution in [0.1, 0.15) is 65.2 Å². The Labute approximate surface area is 207 Å². The summed E-state index contributed by atoms with van der Waals surface area (Å²) in [6, 6.07) is 8.27. The third-order valence-electron chi connectivity index (χ3n) is 7.68. The van der Waals surface area contributed by atoms with Crippen molar-refractivity contribution in [2.75, 3.05) is 19.6 Å². The zero-order valence-corrected chi connectivity index (χ0v) is 20.9. The van der Waals surface area contributed by atoms with Gasteiger partial charge in [-0.05, 0) is 74.1 Å². The molecule has 2 fully saturated rings. The van der Waals surface area contributed by atoms with Crippen molar-refractivity contribution in [3.63, 3.8) is 0 Å². The summed E-state index contributed by atoms with van der Waals surface area (Å²) in [6.45, 7) is 16.0. The molecule has 35 heavy (non-hydrogen) atoms. The van der Waals surface area contributed by atoms with E-state index in [1.54, 1.807) is 24.3 Å². The number of nitrogens with zero attached hydrogens (tertiary/aromatic N) is 3. The zero-order valence-electron chi connectivity index (χ0n) is 20.9. The first-order valence-corrected chi connectivity index (χ1v) is 12.6. The molecule has 184 valence electrons. The Balaban J connectivity index is 1.44. The third-order valence-corrected chi connectivity index (χ3v) is 7.68.